The van der Waals surface area contributed by atoms with Gasteiger partial charge in [0.15, 0.2) is 0 Å². The van der Waals surface area contributed by atoms with E-state index in [1.165, 1.54) is 0 Å². The fourth-order valence-electron chi connectivity index (χ4n) is 2.18. The summed E-state index contributed by atoms with van der Waals surface area (Å²) in [5, 5.41) is 0.494. The molecule has 0 heterocycles. The maximum atomic E-state index is 11.9. The largest absolute Gasteiger partial charge is 0.462 e. The molecular formula is C18H25ClO4. The summed E-state index contributed by atoms with van der Waals surface area (Å²) in [4.78, 5) is 23.6. The van der Waals surface area contributed by atoms with E-state index in [4.69, 9.17) is 21.1 Å². The number of hydrogen-bond donors (Lipinski definition) is 0. The topological polar surface area (TPSA) is 52.6 Å². The van der Waals surface area contributed by atoms with Gasteiger partial charge in [0.25, 0.3) is 0 Å². The first-order valence-electron chi connectivity index (χ1n) is 8.20. The Bertz CT molecular complexity index is 502. The zero-order valence-corrected chi connectivity index (χ0v) is 14.6. The molecule has 0 saturated carbocycles. The standard InChI is InChI=1S/C18H25ClO4/c1-3-5-9-15(7-4-2)22-17(20)11-12-18(21)23-16-10-6-8-14(19)13-16/h6,8,10,13,15H,3-5,7,9,11-12H2,1-2H3. The molecule has 0 aromatic heterocycles. The molecule has 0 aliphatic rings. The first kappa shape index (κ1) is 19.5. The Morgan fingerprint density at radius 3 is 2.48 bits per heavy atom. The first-order chi connectivity index (χ1) is 11.0. The van der Waals surface area contributed by atoms with Crippen molar-refractivity contribution < 1.29 is 19.1 Å². The number of ether oxygens (including phenoxy) is 2. The van der Waals surface area contributed by atoms with Crippen molar-refractivity contribution in [3.63, 3.8) is 0 Å². The molecule has 1 rings (SSSR count). The van der Waals surface area contributed by atoms with E-state index in [-0.39, 0.29) is 24.9 Å². The molecule has 0 aliphatic heterocycles. The van der Waals surface area contributed by atoms with E-state index < -0.39 is 5.97 Å². The number of rotatable bonds is 10. The summed E-state index contributed by atoms with van der Waals surface area (Å²) in [6.07, 6.45) is 4.80. The number of halogens is 1. The third kappa shape index (κ3) is 8.60. The summed E-state index contributed by atoms with van der Waals surface area (Å²) in [5.41, 5.74) is 0. The van der Waals surface area contributed by atoms with Crippen molar-refractivity contribution in [2.24, 2.45) is 0 Å². The van der Waals surface area contributed by atoms with Crippen molar-refractivity contribution in [3.05, 3.63) is 29.3 Å². The van der Waals surface area contributed by atoms with Gasteiger partial charge in [-0.1, -0.05) is 50.8 Å². The van der Waals surface area contributed by atoms with E-state index in [2.05, 4.69) is 13.8 Å². The second-order valence-corrected chi connectivity index (χ2v) is 5.91. The van der Waals surface area contributed by atoms with Gasteiger partial charge in [-0.05, 0) is 31.0 Å². The highest BCUT2D eigenvalue weighted by atomic mass is 35.5. The van der Waals surface area contributed by atoms with Crippen LogP contribution in [0.15, 0.2) is 24.3 Å². The molecule has 0 fully saturated rings. The predicted octanol–water partition coefficient (Wildman–Crippen LogP) is 4.93. The number of esters is 2. The Labute approximate surface area is 143 Å². The van der Waals surface area contributed by atoms with Crippen molar-refractivity contribution in [1.82, 2.24) is 0 Å². The van der Waals surface area contributed by atoms with Gasteiger partial charge >= 0.3 is 11.9 Å². The average molecular weight is 341 g/mol. The number of unbranched alkanes of at least 4 members (excludes halogenated alkanes) is 1. The summed E-state index contributed by atoms with van der Waals surface area (Å²) in [6, 6.07) is 6.59. The van der Waals surface area contributed by atoms with Gasteiger partial charge in [0.1, 0.15) is 11.9 Å². The van der Waals surface area contributed by atoms with E-state index in [9.17, 15) is 9.59 Å². The fraction of sp³-hybridized carbons (Fsp3) is 0.556. The van der Waals surface area contributed by atoms with Crippen LogP contribution in [0.3, 0.4) is 0 Å². The monoisotopic (exact) mass is 340 g/mol. The van der Waals surface area contributed by atoms with Gasteiger partial charge < -0.3 is 9.47 Å². The molecule has 4 nitrogen and oxygen atoms in total. The van der Waals surface area contributed by atoms with Crippen LogP contribution in [0.4, 0.5) is 0 Å². The quantitative estimate of drug-likeness (QED) is 0.447. The normalized spacial score (nSPS) is 11.8. The Morgan fingerprint density at radius 2 is 1.83 bits per heavy atom. The zero-order valence-electron chi connectivity index (χ0n) is 13.8. The molecule has 5 heteroatoms. The van der Waals surface area contributed by atoms with Gasteiger partial charge in [-0.3, -0.25) is 9.59 Å². The minimum absolute atomic E-state index is 0.00201. The van der Waals surface area contributed by atoms with Crippen LogP contribution in [0.1, 0.15) is 58.8 Å². The minimum Gasteiger partial charge on any atom is -0.462 e. The molecule has 0 saturated heterocycles. The zero-order chi connectivity index (χ0) is 17.1. The maximum absolute atomic E-state index is 11.9. The van der Waals surface area contributed by atoms with Crippen LogP contribution in [0.25, 0.3) is 0 Å². The SMILES string of the molecule is CCCCC(CCC)OC(=O)CCC(=O)Oc1cccc(Cl)c1. The van der Waals surface area contributed by atoms with E-state index in [0.29, 0.717) is 10.8 Å². The highest BCUT2D eigenvalue weighted by Gasteiger charge is 2.15. The lowest BCUT2D eigenvalue weighted by Gasteiger charge is -2.16. The Kier molecular flexibility index (Phi) is 9.37. The molecule has 0 radical (unpaired) electrons. The van der Waals surface area contributed by atoms with Crippen molar-refractivity contribution >= 4 is 23.5 Å². The molecule has 1 atom stereocenters. The molecular weight excluding hydrogens is 316 g/mol. The van der Waals surface area contributed by atoms with Gasteiger partial charge in [-0.15, -0.1) is 0 Å². The number of carbonyl (C=O) groups excluding carboxylic acids is 2. The maximum Gasteiger partial charge on any atom is 0.311 e. The molecule has 0 spiro atoms. The Morgan fingerprint density at radius 1 is 1.09 bits per heavy atom. The van der Waals surface area contributed by atoms with Crippen LogP contribution in [-0.2, 0) is 14.3 Å². The summed E-state index contributed by atoms with van der Waals surface area (Å²) in [5.74, 6) is -0.435. The molecule has 0 bridgehead atoms. The minimum atomic E-state index is -0.468. The number of carbonyl (C=O) groups is 2. The lowest BCUT2D eigenvalue weighted by Crippen LogP contribution is -2.19. The van der Waals surface area contributed by atoms with E-state index in [0.717, 1.165) is 32.1 Å². The first-order valence-corrected chi connectivity index (χ1v) is 8.58. The molecule has 1 unspecified atom stereocenters. The van der Waals surface area contributed by atoms with Crippen LogP contribution in [-0.4, -0.2) is 18.0 Å². The average Bonchev–Trinajstić information content (AvgIpc) is 2.51. The van der Waals surface area contributed by atoms with Crippen LogP contribution in [0.5, 0.6) is 5.75 Å². The molecule has 0 N–H and O–H groups in total. The van der Waals surface area contributed by atoms with E-state index in [1.807, 2.05) is 0 Å². The molecule has 1 aromatic rings. The van der Waals surface area contributed by atoms with E-state index >= 15 is 0 Å². The lowest BCUT2D eigenvalue weighted by molar-refractivity contribution is -0.152. The number of hydrogen-bond acceptors (Lipinski definition) is 4. The lowest BCUT2D eigenvalue weighted by atomic mass is 10.1. The van der Waals surface area contributed by atoms with Gasteiger partial charge in [0.05, 0.1) is 12.8 Å². The second-order valence-electron chi connectivity index (χ2n) is 5.47. The van der Waals surface area contributed by atoms with Crippen LogP contribution < -0.4 is 4.74 Å². The molecule has 0 amide bonds. The van der Waals surface area contributed by atoms with Crippen LogP contribution in [0.2, 0.25) is 5.02 Å². The van der Waals surface area contributed by atoms with Crippen molar-refractivity contribution in [2.45, 2.75) is 64.9 Å². The Hall–Kier alpha value is -1.55. The molecule has 1 aromatic carbocycles. The Balaban J connectivity index is 2.34. The highest BCUT2D eigenvalue weighted by molar-refractivity contribution is 6.30. The van der Waals surface area contributed by atoms with Gasteiger partial charge in [0.2, 0.25) is 0 Å². The van der Waals surface area contributed by atoms with Crippen molar-refractivity contribution in [3.8, 4) is 5.75 Å². The van der Waals surface area contributed by atoms with Gasteiger partial charge in [0, 0.05) is 5.02 Å². The van der Waals surface area contributed by atoms with Crippen molar-refractivity contribution in [2.75, 3.05) is 0 Å². The molecule has 23 heavy (non-hydrogen) atoms. The smallest absolute Gasteiger partial charge is 0.311 e. The highest BCUT2D eigenvalue weighted by Crippen LogP contribution is 2.18. The second kappa shape index (κ2) is 11.1. The third-order valence-electron chi connectivity index (χ3n) is 3.35. The van der Waals surface area contributed by atoms with Crippen LogP contribution >= 0.6 is 11.6 Å². The fourth-order valence-corrected chi connectivity index (χ4v) is 2.36. The summed E-state index contributed by atoms with van der Waals surface area (Å²) in [7, 11) is 0. The summed E-state index contributed by atoms with van der Waals surface area (Å²) >= 11 is 5.82. The molecule has 128 valence electrons. The van der Waals surface area contributed by atoms with Crippen LogP contribution in [0, 0.1) is 0 Å². The molecule has 0 aliphatic carbocycles. The number of benzene rings is 1. The van der Waals surface area contributed by atoms with Gasteiger partial charge in [-0.2, -0.15) is 0 Å². The van der Waals surface area contributed by atoms with Gasteiger partial charge in [-0.25, -0.2) is 0 Å². The van der Waals surface area contributed by atoms with E-state index in [1.54, 1.807) is 24.3 Å². The predicted molar refractivity (Wildman–Crippen MR) is 90.6 cm³/mol. The summed E-state index contributed by atoms with van der Waals surface area (Å²) in [6.45, 7) is 4.17. The summed E-state index contributed by atoms with van der Waals surface area (Å²) < 4.78 is 10.6. The third-order valence-corrected chi connectivity index (χ3v) is 3.58. The van der Waals surface area contributed by atoms with Crippen molar-refractivity contribution in [1.29, 1.82) is 0 Å².